The molecule has 0 spiro atoms. The number of benzene rings is 1. The quantitative estimate of drug-likeness (QED) is 0.656. The zero-order valence-electron chi connectivity index (χ0n) is 11.6. The van der Waals surface area contributed by atoms with Gasteiger partial charge in [-0.2, -0.15) is 0 Å². The summed E-state index contributed by atoms with van der Waals surface area (Å²) >= 11 is 3.35. The van der Waals surface area contributed by atoms with E-state index in [0.29, 0.717) is 22.4 Å². The summed E-state index contributed by atoms with van der Waals surface area (Å²) in [6, 6.07) is 7.64. The van der Waals surface area contributed by atoms with E-state index in [1.165, 1.54) is 6.20 Å². The van der Waals surface area contributed by atoms with Crippen molar-refractivity contribution < 1.29 is 9.66 Å². The van der Waals surface area contributed by atoms with E-state index in [-0.39, 0.29) is 5.69 Å². The number of pyridine rings is 1. The number of aromatic nitrogens is 1. The largest absolute Gasteiger partial charge is 0.497 e. The first-order chi connectivity index (χ1) is 10.0. The lowest BCUT2D eigenvalue weighted by atomic mass is 10.2. The molecular weight excluding hydrogens is 338 g/mol. The summed E-state index contributed by atoms with van der Waals surface area (Å²) in [5.74, 6) is 1.37. The molecule has 21 heavy (non-hydrogen) atoms. The monoisotopic (exact) mass is 351 g/mol. The molecule has 1 aromatic heterocycles. The van der Waals surface area contributed by atoms with Crippen LogP contribution in [0, 0.1) is 17.0 Å². The van der Waals surface area contributed by atoms with Crippen molar-refractivity contribution in [2.75, 3.05) is 12.4 Å². The summed E-state index contributed by atoms with van der Waals surface area (Å²) < 4.78 is 5.70. The second kappa shape index (κ2) is 6.53. The molecule has 0 aliphatic heterocycles. The fourth-order valence-corrected chi connectivity index (χ4v) is 2.25. The van der Waals surface area contributed by atoms with E-state index >= 15 is 0 Å². The molecule has 1 N–H and O–H groups in total. The number of halogens is 1. The van der Waals surface area contributed by atoms with Crippen LogP contribution in [-0.2, 0) is 6.54 Å². The lowest BCUT2D eigenvalue weighted by Gasteiger charge is -2.10. The van der Waals surface area contributed by atoms with E-state index in [1.54, 1.807) is 14.0 Å². The Bertz CT molecular complexity index is 659. The van der Waals surface area contributed by atoms with Gasteiger partial charge in [0.2, 0.25) is 0 Å². The van der Waals surface area contributed by atoms with E-state index in [4.69, 9.17) is 4.74 Å². The number of ether oxygens (including phenoxy) is 1. The number of nitrogens with zero attached hydrogens (tertiary/aromatic N) is 2. The number of methoxy groups -OCH3 is 1. The van der Waals surface area contributed by atoms with E-state index < -0.39 is 4.92 Å². The maximum atomic E-state index is 10.8. The highest BCUT2D eigenvalue weighted by atomic mass is 79.9. The third-order valence-electron chi connectivity index (χ3n) is 3.05. The minimum absolute atomic E-state index is 0.00290. The average molecular weight is 352 g/mol. The molecule has 0 saturated carbocycles. The molecule has 0 amide bonds. The van der Waals surface area contributed by atoms with Crippen LogP contribution in [-0.4, -0.2) is 17.0 Å². The highest BCUT2D eigenvalue weighted by molar-refractivity contribution is 9.10. The van der Waals surface area contributed by atoms with Crippen molar-refractivity contribution >= 4 is 27.4 Å². The maximum absolute atomic E-state index is 10.8. The zero-order chi connectivity index (χ0) is 15.4. The van der Waals surface area contributed by atoms with Crippen molar-refractivity contribution in [3.05, 3.63) is 56.2 Å². The molecule has 2 rings (SSSR count). The molecule has 0 aliphatic carbocycles. The van der Waals surface area contributed by atoms with Gasteiger partial charge in [-0.05, 0) is 40.5 Å². The minimum atomic E-state index is -0.444. The molecule has 0 aliphatic rings. The van der Waals surface area contributed by atoms with Crippen LogP contribution in [0.2, 0.25) is 0 Å². The Morgan fingerprint density at radius 1 is 1.38 bits per heavy atom. The van der Waals surface area contributed by atoms with E-state index in [9.17, 15) is 10.1 Å². The van der Waals surface area contributed by atoms with Gasteiger partial charge in [-0.3, -0.25) is 10.1 Å². The van der Waals surface area contributed by atoms with Crippen molar-refractivity contribution in [3.63, 3.8) is 0 Å². The first-order valence-electron chi connectivity index (χ1n) is 6.19. The molecule has 7 heteroatoms. The number of anilines is 1. The fourth-order valence-electron chi connectivity index (χ4n) is 1.81. The molecule has 1 heterocycles. The molecule has 2 aromatic rings. The summed E-state index contributed by atoms with van der Waals surface area (Å²) in [4.78, 5) is 14.5. The Kier molecular flexibility index (Phi) is 4.74. The van der Waals surface area contributed by atoms with Gasteiger partial charge in [0.15, 0.2) is 0 Å². The molecule has 0 fully saturated rings. The molecule has 110 valence electrons. The first kappa shape index (κ1) is 15.2. The lowest BCUT2D eigenvalue weighted by Crippen LogP contribution is -2.04. The van der Waals surface area contributed by atoms with Crippen molar-refractivity contribution in [3.8, 4) is 5.75 Å². The second-order valence-electron chi connectivity index (χ2n) is 4.39. The van der Waals surface area contributed by atoms with E-state index in [0.717, 1.165) is 11.3 Å². The minimum Gasteiger partial charge on any atom is -0.497 e. The van der Waals surface area contributed by atoms with Gasteiger partial charge < -0.3 is 10.1 Å². The number of hydrogen-bond acceptors (Lipinski definition) is 5. The molecule has 0 atom stereocenters. The Labute approximate surface area is 130 Å². The van der Waals surface area contributed by atoms with Gasteiger partial charge in [-0.25, -0.2) is 4.98 Å². The summed E-state index contributed by atoms with van der Waals surface area (Å²) in [5.41, 5.74) is 1.60. The highest BCUT2D eigenvalue weighted by Gasteiger charge is 2.16. The van der Waals surface area contributed by atoms with Crippen molar-refractivity contribution in [2.24, 2.45) is 0 Å². The predicted octanol–water partition coefficient (Wildman–Crippen LogP) is 3.68. The topological polar surface area (TPSA) is 77.3 Å². The van der Waals surface area contributed by atoms with Gasteiger partial charge in [-0.1, -0.05) is 12.1 Å². The van der Waals surface area contributed by atoms with Crippen molar-refractivity contribution in [1.29, 1.82) is 0 Å². The Morgan fingerprint density at radius 3 is 2.62 bits per heavy atom. The molecule has 0 bridgehead atoms. The number of rotatable bonds is 5. The van der Waals surface area contributed by atoms with Gasteiger partial charge >= 0.3 is 0 Å². The van der Waals surface area contributed by atoms with Crippen LogP contribution in [0.25, 0.3) is 0 Å². The molecule has 0 unspecified atom stereocenters. The molecule has 6 nitrogen and oxygen atoms in total. The van der Waals surface area contributed by atoms with Crippen LogP contribution in [0.15, 0.2) is 34.9 Å². The molecular formula is C14H14BrN3O3. The van der Waals surface area contributed by atoms with Gasteiger partial charge in [0.25, 0.3) is 5.69 Å². The van der Waals surface area contributed by atoms with Crippen LogP contribution < -0.4 is 10.1 Å². The van der Waals surface area contributed by atoms with Crippen LogP contribution in [0.5, 0.6) is 5.75 Å². The summed E-state index contributed by atoms with van der Waals surface area (Å²) in [7, 11) is 1.62. The second-order valence-corrected chi connectivity index (χ2v) is 5.18. The van der Waals surface area contributed by atoms with Gasteiger partial charge in [0.05, 0.1) is 16.5 Å². The van der Waals surface area contributed by atoms with Crippen molar-refractivity contribution in [1.82, 2.24) is 4.98 Å². The van der Waals surface area contributed by atoms with Gasteiger partial charge in [0.1, 0.15) is 17.8 Å². The van der Waals surface area contributed by atoms with Gasteiger partial charge in [0, 0.05) is 12.1 Å². The predicted molar refractivity (Wildman–Crippen MR) is 83.6 cm³/mol. The van der Waals surface area contributed by atoms with E-state index in [2.05, 4.69) is 26.2 Å². The lowest BCUT2D eigenvalue weighted by molar-refractivity contribution is -0.385. The number of nitrogens with one attached hydrogen (secondary N) is 1. The average Bonchev–Trinajstić information content (AvgIpc) is 2.49. The van der Waals surface area contributed by atoms with Crippen LogP contribution >= 0.6 is 15.9 Å². The number of nitro groups is 1. The Morgan fingerprint density at radius 2 is 2.05 bits per heavy atom. The number of hydrogen-bond donors (Lipinski definition) is 1. The highest BCUT2D eigenvalue weighted by Crippen LogP contribution is 2.30. The SMILES string of the molecule is COc1ccc(CNc2ncc([N+](=O)[O-])c(C)c2Br)cc1. The van der Waals surface area contributed by atoms with Crippen molar-refractivity contribution in [2.45, 2.75) is 13.5 Å². The summed E-state index contributed by atoms with van der Waals surface area (Å²) in [6.07, 6.45) is 1.26. The third kappa shape index (κ3) is 3.49. The van der Waals surface area contributed by atoms with Gasteiger partial charge in [-0.15, -0.1) is 0 Å². The Hall–Kier alpha value is -2.15. The van der Waals surface area contributed by atoms with E-state index in [1.807, 2.05) is 24.3 Å². The molecule has 0 saturated heterocycles. The normalized spacial score (nSPS) is 10.2. The van der Waals surface area contributed by atoms with Crippen LogP contribution in [0.1, 0.15) is 11.1 Å². The molecule has 1 aromatic carbocycles. The molecule has 0 radical (unpaired) electrons. The summed E-state index contributed by atoms with van der Waals surface area (Å²) in [5, 5.41) is 14.0. The van der Waals surface area contributed by atoms with Crippen LogP contribution in [0.4, 0.5) is 11.5 Å². The van der Waals surface area contributed by atoms with Crippen LogP contribution in [0.3, 0.4) is 0 Å². The smallest absolute Gasteiger partial charge is 0.291 e. The fraction of sp³-hybridized carbons (Fsp3) is 0.214. The third-order valence-corrected chi connectivity index (χ3v) is 4.02. The first-order valence-corrected chi connectivity index (χ1v) is 6.98. The summed E-state index contributed by atoms with van der Waals surface area (Å²) in [6.45, 7) is 2.25. The zero-order valence-corrected chi connectivity index (χ0v) is 13.2. The maximum Gasteiger partial charge on any atom is 0.291 e. The Balaban J connectivity index is 2.12. The standard InChI is InChI=1S/C14H14BrN3O3/c1-9-12(18(19)20)8-17-14(13(9)15)16-7-10-3-5-11(21-2)6-4-10/h3-6,8H,7H2,1-2H3,(H,16,17).